The largest absolute Gasteiger partial charge is 0.361 e. The number of nitrogens with zero attached hydrogens (tertiary/aromatic N) is 5. The van der Waals surface area contributed by atoms with E-state index in [0.717, 1.165) is 43.0 Å². The molecule has 2 fully saturated rings. The number of piperidine rings is 1. The van der Waals surface area contributed by atoms with Gasteiger partial charge in [0.25, 0.3) is 0 Å². The average Bonchev–Trinajstić information content (AvgIpc) is 3.23. The minimum Gasteiger partial charge on any atom is -0.361 e. The Balaban J connectivity index is 1.30. The molecule has 2 saturated heterocycles. The van der Waals surface area contributed by atoms with Crippen LogP contribution >= 0.6 is 0 Å². The predicted octanol–water partition coefficient (Wildman–Crippen LogP) is 1.57. The molecule has 0 N–H and O–H groups in total. The van der Waals surface area contributed by atoms with Crippen LogP contribution < -0.4 is 0 Å². The van der Waals surface area contributed by atoms with Crippen molar-refractivity contribution in [1.29, 1.82) is 0 Å². The number of carbonyl (C=O) groups is 2. The molecule has 0 aliphatic carbocycles. The molecule has 28 heavy (non-hydrogen) atoms. The van der Waals surface area contributed by atoms with Gasteiger partial charge in [0.1, 0.15) is 5.76 Å². The summed E-state index contributed by atoms with van der Waals surface area (Å²) in [7, 11) is 0. The quantitative estimate of drug-likeness (QED) is 0.784. The normalized spacial score (nSPS) is 18.4. The van der Waals surface area contributed by atoms with Crippen LogP contribution in [0.1, 0.15) is 60.3 Å². The van der Waals surface area contributed by atoms with Crippen molar-refractivity contribution in [3.8, 4) is 0 Å². The van der Waals surface area contributed by atoms with Crippen LogP contribution in [0.25, 0.3) is 0 Å². The van der Waals surface area contributed by atoms with E-state index in [9.17, 15) is 9.59 Å². The average molecular weight is 387 g/mol. The molecule has 0 spiro atoms. The number of hydrogen-bond acceptors (Lipinski definition) is 7. The van der Waals surface area contributed by atoms with Gasteiger partial charge in [-0.05, 0) is 26.7 Å². The van der Waals surface area contributed by atoms with E-state index in [2.05, 4.69) is 15.3 Å². The first-order valence-corrected chi connectivity index (χ1v) is 9.71. The maximum Gasteiger partial charge on any atom is 0.233 e. The Labute approximate surface area is 163 Å². The highest BCUT2D eigenvalue weighted by molar-refractivity contribution is 5.80. The smallest absolute Gasteiger partial charge is 0.233 e. The number of likely N-dealkylation sites (tertiary alicyclic amines) is 2. The minimum absolute atomic E-state index is 0.0574. The Hall–Kier alpha value is -2.71. The highest BCUT2D eigenvalue weighted by Gasteiger charge is 2.36. The van der Waals surface area contributed by atoms with E-state index in [0.29, 0.717) is 31.2 Å². The van der Waals surface area contributed by atoms with Gasteiger partial charge in [-0.3, -0.25) is 9.59 Å². The number of carbonyl (C=O) groups excluding carboxylic acids is 2. The topological polar surface area (TPSA) is 106 Å². The summed E-state index contributed by atoms with van der Waals surface area (Å²) in [5.74, 6) is 2.51. The third kappa shape index (κ3) is 3.53. The van der Waals surface area contributed by atoms with E-state index >= 15 is 0 Å². The second-order valence-electron chi connectivity index (χ2n) is 7.75. The predicted molar refractivity (Wildman–Crippen MR) is 97.5 cm³/mol. The molecule has 9 nitrogen and oxygen atoms in total. The van der Waals surface area contributed by atoms with E-state index in [-0.39, 0.29) is 23.7 Å². The number of aryl methyl sites for hydroxylation is 2. The van der Waals surface area contributed by atoms with Gasteiger partial charge in [-0.15, -0.1) is 0 Å². The second kappa shape index (κ2) is 7.37. The van der Waals surface area contributed by atoms with Crippen molar-refractivity contribution in [3.63, 3.8) is 0 Å². The molecule has 0 unspecified atom stereocenters. The molecule has 4 heterocycles. The summed E-state index contributed by atoms with van der Waals surface area (Å²) in [6.45, 7) is 7.91. The fourth-order valence-electron chi connectivity index (χ4n) is 3.89. The third-order valence-electron chi connectivity index (χ3n) is 5.86. The summed E-state index contributed by atoms with van der Waals surface area (Å²) in [5, 5.41) is 8.05. The molecule has 4 rings (SSSR count). The molecular weight excluding hydrogens is 362 g/mol. The molecular formula is C19H25N5O4. The standard InChI is InChI=1S/C19H25N5O4/c1-11-16(12(2)27-21-11)8-17(26)24-9-15(10-24)19-20-18(22-28-19)14-4-6-23(7-5-14)13(3)25/h14-15H,4-10H2,1-3H3. The van der Waals surface area contributed by atoms with Crippen LogP contribution in [0.15, 0.2) is 9.05 Å². The van der Waals surface area contributed by atoms with Gasteiger partial charge in [0, 0.05) is 44.6 Å². The van der Waals surface area contributed by atoms with Gasteiger partial charge in [-0.25, -0.2) is 0 Å². The lowest BCUT2D eigenvalue weighted by Crippen LogP contribution is -2.49. The molecule has 2 aromatic rings. The lowest BCUT2D eigenvalue weighted by atomic mass is 9.95. The fourth-order valence-corrected chi connectivity index (χ4v) is 3.89. The molecule has 150 valence electrons. The summed E-state index contributed by atoms with van der Waals surface area (Å²) in [4.78, 5) is 32.1. The first kappa shape index (κ1) is 18.6. The first-order valence-electron chi connectivity index (χ1n) is 9.71. The van der Waals surface area contributed by atoms with Gasteiger partial charge >= 0.3 is 0 Å². The van der Waals surface area contributed by atoms with Gasteiger partial charge in [0.05, 0.1) is 18.0 Å². The van der Waals surface area contributed by atoms with Crippen molar-refractivity contribution in [2.75, 3.05) is 26.2 Å². The van der Waals surface area contributed by atoms with Crippen LogP contribution in [-0.4, -0.2) is 63.1 Å². The molecule has 2 aliphatic rings. The SMILES string of the molecule is CC(=O)N1CCC(c2noc(C3CN(C(=O)Cc4c(C)noc4C)C3)n2)CC1. The lowest BCUT2D eigenvalue weighted by molar-refractivity contribution is -0.135. The molecule has 0 bridgehead atoms. The molecule has 9 heteroatoms. The Kier molecular flexibility index (Phi) is 4.91. The molecule has 0 saturated carbocycles. The number of aromatic nitrogens is 3. The molecule has 2 amide bonds. The van der Waals surface area contributed by atoms with E-state index in [1.165, 1.54) is 0 Å². The van der Waals surface area contributed by atoms with Crippen molar-refractivity contribution in [2.45, 2.75) is 51.9 Å². The zero-order valence-corrected chi connectivity index (χ0v) is 16.5. The van der Waals surface area contributed by atoms with E-state index in [4.69, 9.17) is 9.05 Å². The maximum atomic E-state index is 12.5. The highest BCUT2D eigenvalue weighted by atomic mass is 16.5. The molecule has 0 aromatic carbocycles. The second-order valence-corrected chi connectivity index (χ2v) is 7.75. The van der Waals surface area contributed by atoms with E-state index < -0.39 is 0 Å². The molecule has 2 aromatic heterocycles. The summed E-state index contributed by atoms with van der Waals surface area (Å²) in [6, 6.07) is 0. The van der Waals surface area contributed by atoms with Crippen LogP contribution in [0.5, 0.6) is 0 Å². The van der Waals surface area contributed by atoms with Gasteiger partial charge in [-0.2, -0.15) is 4.98 Å². The van der Waals surface area contributed by atoms with Gasteiger partial charge < -0.3 is 18.8 Å². The minimum atomic E-state index is 0.0574. The number of amides is 2. The Morgan fingerprint density at radius 3 is 2.36 bits per heavy atom. The zero-order chi connectivity index (χ0) is 19.8. The van der Waals surface area contributed by atoms with Crippen LogP contribution in [0, 0.1) is 13.8 Å². The summed E-state index contributed by atoms with van der Waals surface area (Å²) < 4.78 is 10.6. The van der Waals surface area contributed by atoms with Gasteiger partial charge in [-0.1, -0.05) is 10.3 Å². The summed E-state index contributed by atoms with van der Waals surface area (Å²) in [5.41, 5.74) is 1.63. The van der Waals surface area contributed by atoms with Crippen LogP contribution in [-0.2, 0) is 16.0 Å². The first-order chi connectivity index (χ1) is 13.4. The maximum absolute atomic E-state index is 12.5. The summed E-state index contributed by atoms with van der Waals surface area (Å²) in [6.07, 6.45) is 2.01. The number of hydrogen-bond donors (Lipinski definition) is 0. The van der Waals surface area contributed by atoms with Crippen molar-refractivity contribution in [3.05, 3.63) is 28.7 Å². The van der Waals surface area contributed by atoms with Crippen molar-refractivity contribution in [1.82, 2.24) is 25.1 Å². The van der Waals surface area contributed by atoms with Crippen LogP contribution in [0.2, 0.25) is 0 Å². The molecule has 0 radical (unpaired) electrons. The van der Waals surface area contributed by atoms with E-state index in [1.54, 1.807) is 11.8 Å². The molecule has 0 atom stereocenters. The Morgan fingerprint density at radius 1 is 1.04 bits per heavy atom. The fraction of sp³-hybridized carbons (Fsp3) is 0.632. The van der Waals surface area contributed by atoms with E-state index in [1.807, 2.05) is 18.7 Å². The zero-order valence-electron chi connectivity index (χ0n) is 16.5. The van der Waals surface area contributed by atoms with Gasteiger partial charge in [0.2, 0.25) is 17.7 Å². The Morgan fingerprint density at radius 2 is 1.75 bits per heavy atom. The lowest BCUT2D eigenvalue weighted by Gasteiger charge is -2.37. The van der Waals surface area contributed by atoms with Gasteiger partial charge in [0.15, 0.2) is 5.82 Å². The monoisotopic (exact) mass is 387 g/mol. The summed E-state index contributed by atoms with van der Waals surface area (Å²) >= 11 is 0. The van der Waals surface area contributed by atoms with Crippen molar-refractivity contribution >= 4 is 11.8 Å². The highest BCUT2D eigenvalue weighted by Crippen LogP contribution is 2.30. The third-order valence-corrected chi connectivity index (χ3v) is 5.86. The van der Waals surface area contributed by atoms with Crippen LogP contribution in [0.3, 0.4) is 0 Å². The molecule has 2 aliphatic heterocycles. The van der Waals surface area contributed by atoms with Crippen molar-refractivity contribution in [2.24, 2.45) is 0 Å². The number of rotatable bonds is 4. The Bertz CT molecular complexity index is 855. The van der Waals surface area contributed by atoms with Crippen LogP contribution in [0.4, 0.5) is 0 Å². The van der Waals surface area contributed by atoms with Crippen molar-refractivity contribution < 1.29 is 18.6 Å².